The number of esters is 1. The highest BCUT2D eigenvalue weighted by Gasteiger charge is 2.25. The number of ether oxygens (including phenoxy) is 2. The predicted molar refractivity (Wildman–Crippen MR) is 56.4 cm³/mol. The minimum Gasteiger partial charge on any atom is -0.425 e. The van der Waals surface area contributed by atoms with Crippen molar-refractivity contribution < 1.29 is 19.1 Å². The second-order valence-electron chi connectivity index (χ2n) is 3.61. The molecule has 1 fully saturated rings. The largest absolute Gasteiger partial charge is 0.425 e. The molecule has 1 unspecified atom stereocenters. The van der Waals surface area contributed by atoms with E-state index in [-0.39, 0.29) is 5.97 Å². The molecule has 84 valence electrons. The molecule has 0 radical (unpaired) electrons. The van der Waals surface area contributed by atoms with Gasteiger partial charge in [0.05, 0.1) is 0 Å². The summed E-state index contributed by atoms with van der Waals surface area (Å²) in [5, 5.41) is 0. The third kappa shape index (κ3) is 2.46. The fraction of sp³-hybridized carbons (Fsp3) is 0.333. The smallest absolute Gasteiger partial charge is 0.340 e. The molecule has 4 heteroatoms. The number of benzene rings is 1. The lowest BCUT2D eigenvalue weighted by Crippen LogP contribution is -2.24. The zero-order chi connectivity index (χ0) is 11.4. The Bertz CT molecular complexity index is 377. The first-order valence-corrected chi connectivity index (χ1v) is 5.18. The molecule has 16 heavy (non-hydrogen) atoms. The van der Waals surface area contributed by atoms with Gasteiger partial charge in [0, 0.05) is 12.2 Å². The normalized spacial score (nSPS) is 19.4. The zero-order valence-corrected chi connectivity index (χ0v) is 8.72. The number of aldehydes is 1. The lowest BCUT2D eigenvalue weighted by molar-refractivity contribution is -0.144. The lowest BCUT2D eigenvalue weighted by Gasteiger charge is -2.08. The summed E-state index contributed by atoms with van der Waals surface area (Å²) >= 11 is 0. The van der Waals surface area contributed by atoms with Crippen molar-refractivity contribution in [3.8, 4) is 5.75 Å². The van der Waals surface area contributed by atoms with Crippen LogP contribution in [0.15, 0.2) is 24.3 Å². The van der Waals surface area contributed by atoms with Gasteiger partial charge in [-0.25, -0.2) is 4.79 Å². The van der Waals surface area contributed by atoms with E-state index in [1.54, 1.807) is 24.3 Å². The first kappa shape index (κ1) is 10.8. The van der Waals surface area contributed by atoms with Gasteiger partial charge in [-0.15, -0.1) is 0 Å². The van der Waals surface area contributed by atoms with E-state index in [2.05, 4.69) is 0 Å². The summed E-state index contributed by atoms with van der Waals surface area (Å²) in [7, 11) is 0. The van der Waals surface area contributed by atoms with Crippen LogP contribution in [0.25, 0.3) is 0 Å². The van der Waals surface area contributed by atoms with Crippen LogP contribution in [-0.2, 0) is 9.53 Å². The maximum absolute atomic E-state index is 11.6. The Labute approximate surface area is 93.2 Å². The Morgan fingerprint density at radius 2 is 2.12 bits per heavy atom. The first-order chi connectivity index (χ1) is 7.79. The van der Waals surface area contributed by atoms with Gasteiger partial charge >= 0.3 is 5.97 Å². The molecule has 1 atom stereocenters. The molecule has 1 heterocycles. The van der Waals surface area contributed by atoms with Crippen LogP contribution in [0.4, 0.5) is 0 Å². The molecule has 1 aromatic rings. The molecule has 0 spiro atoms. The summed E-state index contributed by atoms with van der Waals surface area (Å²) in [6.45, 7) is 0.615. The highest BCUT2D eigenvalue weighted by Crippen LogP contribution is 2.17. The van der Waals surface area contributed by atoms with E-state index in [0.29, 0.717) is 24.3 Å². The van der Waals surface area contributed by atoms with Gasteiger partial charge in [0.15, 0.2) is 6.10 Å². The van der Waals surface area contributed by atoms with Crippen molar-refractivity contribution in [2.24, 2.45) is 0 Å². The van der Waals surface area contributed by atoms with E-state index in [1.165, 1.54) is 0 Å². The number of hydrogen-bond acceptors (Lipinski definition) is 4. The molecule has 1 aliphatic heterocycles. The van der Waals surface area contributed by atoms with Crippen molar-refractivity contribution in [3.63, 3.8) is 0 Å². The molecule has 1 aromatic carbocycles. The fourth-order valence-corrected chi connectivity index (χ4v) is 1.56. The summed E-state index contributed by atoms with van der Waals surface area (Å²) in [5.41, 5.74) is 0.553. The standard InChI is InChI=1S/C12H12O4/c13-8-9-3-5-10(6-4-9)16-12(14)11-2-1-7-15-11/h3-6,8,11H,1-2,7H2. The Morgan fingerprint density at radius 1 is 1.38 bits per heavy atom. The molecule has 2 rings (SSSR count). The van der Waals surface area contributed by atoms with Crippen molar-refractivity contribution in [3.05, 3.63) is 29.8 Å². The summed E-state index contributed by atoms with van der Waals surface area (Å²) in [6, 6.07) is 6.39. The Hall–Kier alpha value is -1.68. The van der Waals surface area contributed by atoms with E-state index in [9.17, 15) is 9.59 Å². The summed E-state index contributed by atoms with van der Waals surface area (Å²) in [4.78, 5) is 22.0. The van der Waals surface area contributed by atoms with E-state index in [4.69, 9.17) is 9.47 Å². The fourth-order valence-electron chi connectivity index (χ4n) is 1.56. The molecule has 0 saturated carbocycles. The van der Waals surface area contributed by atoms with Gasteiger partial charge in [-0.05, 0) is 37.1 Å². The van der Waals surface area contributed by atoms with Crippen LogP contribution in [-0.4, -0.2) is 25.0 Å². The first-order valence-electron chi connectivity index (χ1n) is 5.18. The number of carbonyl (C=O) groups is 2. The van der Waals surface area contributed by atoms with Gasteiger partial charge < -0.3 is 9.47 Å². The molecule has 0 aliphatic carbocycles. The highest BCUT2D eigenvalue weighted by molar-refractivity contribution is 5.78. The third-order valence-corrected chi connectivity index (χ3v) is 2.43. The Morgan fingerprint density at radius 3 is 2.69 bits per heavy atom. The van der Waals surface area contributed by atoms with Crippen LogP contribution in [0, 0.1) is 0 Å². The summed E-state index contributed by atoms with van der Waals surface area (Å²) < 4.78 is 10.3. The van der Waals surface area contributed by atoms with Crippen LogP contribution in [0.5, 0.6) is 5.75 Å². The summed E-state index contributed by atoms with van der Waals surface area (Å²) in [5.74, 6) is 0.0717. The Kier molecular flexibility index (Phi) is 3.31. The molecule has 1 saturated heterocycles. The topological polar surface area (TPSA) is 52.6 Å². The molecule has 0 amide bonds. The second kappa shape index (κ2) is 4.90. The molecule has 0 aromatic heterocycles. The number of hydrogen-bond donors (Lipinski definition) is 0. The van der Waals surface area contributed by atoms with Gasteiger partial charge in [0.1, 0.15) is 12.0 Å². The van der Waals surface area contributed by atoms with Crippen LogP contribution in [0.3, 0.4) is 0 Å². The third-order valence-electron chi connectivity index (χ3n) is 2.43. The number of carbonyl (C=O) groups excluding carboxylic acids is 2. The Balaban J connectivity index is 1.97. The van der Waals surface area contributed by atoms with Crippen LogP contribution < -0.4 is 4.74 Å². The highest BCUT2D eigenvalue weighted by atomic mass is 16.6. The van der Waals surface area contributed by atoms with Crippen molar-refractivity contribution in [1.29, 1.82) is 0 Å². The van der Waals surface area contributed by atoms with E-state index < -0.39 is 6.10 Å². The van der Waals surface area contributed by atoms with Gasteiger partial charge in [-0.3, -0.25) is 4.79 Å². The lowest BCUT2D eigenvalue weighted by atomic mass is 10.2. The van der Waals surface area contributed by atoms with Crippen LogP contribution in [0.2, 0.25) is 0 Å². The number of rotatable bonds is 3. The van der Waals surface area contributed by atoms with Crippen LogP contribution in [0.1, 0.15) is 23.2 Å². The van der Waals surface area contributed by atoms with E-state index in [0.717, 1.165) is 12.7 Å². The molecule has 4 nitrogen and oxygen atoms in total. The van der Waals surface area contributed by atoms with Crippen molar-refractivity contribution in [2.75, 3.05) is 6.61 Å². The average Bonchev–Trinajstić information content (AvgIpc) is 2.83. The van der Waals surface area contributed by atoms with Crippen molar-refractivity contribution >= 4 is 12.3 Å². The van der Waals surface area contributed by atoms with Gasteiger partial charge in [0.2, 0.25) is 0 Å². The maximum Gasteiger partial charge on any atom is 0.340 e. The second-order valence-corrected chi connectivity index (χ2v) is 3.61. The van der Waals surface area contributed by atoms with E-state index >= 15 is 0 Å². The van der Waals surface area contributed by atoms with Crippen LogP contribution >= 0.6 is 0 Å². The average molecular weight is 220 g/mol. The van der Waals surface area contributed by atoms with Gasteiger partial charge in [0.25, 0.3) is 0 Å². The van der Waals surface area contributed by atoms with Gasteiger partial charge in [-0.1, -0.05) is 0 Å². The molecule has 0 bridgehead atoms. The quantitative estimate of drug-likeness (QED) is 0.441. The summed E-state index contributed by atoms with van der Waals surface area (Å²) in [6.07, 6.45) is 1.91. The van der Waals surface area contributed by atoms with Gasteiger partial charge in [-0.2, -0.15) is 0 Å². The molecule has 1 aliphatic rings. The monoisotopic (exact) mass is 220 g/mol. The minimum absolute atomic E-state index is 0.364. The zero-order valence-electron chi connectivity index (χ0n) is 8.72. The van der Waals surface area contributed by atoms with Crippen molar-refractivity contribution in [1.82, 2.24) is 0 Å². The van der Waals surface area contributed by atoms with E-state index in [1.807, 2.05) is 0 Å². The minimum atomic E-state index is -0.439. The SMILES string of the molecule is O=Cc1ccc(OC(=O)C2CCCO2)cc1. The molecule has 0 N–H and O–H groups in total. The maximum atomic E-state index is 11.6. The van der Waals surface area contributed by atoms with Crippen molar-refractivity contribution in [2.45, 2.75) is 18.9 Å². The molecular formula is C12H12O4. The molecular weight excluding hydrogens is 208 g/mol. The predicted octanol–water partition coefficient (Wildman–Crippen LogP) is 1.58.